The highest BCUT2D eigenvalue weighted by Gasteiger charge is 2.17. The summed E-state index contributed by atoms with van der Waals surface area (Å²) in [6.45, 7) is 1.79. The van der Waals surface area contributed by atoms with Gasteiger partial charge in [-0.15, -0.1) is 0 Å². The van der Waals surface area contributed by atoms with Gasteiger partial charge < -0.3 is 14.2 Å². The second-order valence-corrected chi connectivity index (χ2v) is 2.86. The molecular weight excluding hydrogens is 198 g/mol. The van der Waals surface area contributed by atoms with Crippen LogP contribution in [0.4, 0.5) is 0 Å². The van der Waals surface area contributed by atoms with Crippen molar-refractivity contribution in [1.82, 2.24) is 4.98 Å². The molecule has 1 rings (SSSR count). The van der Waals surface area contributed by atoms with Gasteiger partial charge in [-0.05, 0) is 13.0 Å². The molecule has 0 saturated heterocycles. The molecule has 15 heavy (non-hydrogen) atoms. The Morgan fingerprint density at radius 3 is 2.27 bits per heavy atom. The number of aryl methyl sites for hydroxylation is 1. The summed E-state index contributed by atoms with van der Waals surface area (Å²) in [6, 6.07) is 1.62. The van der Waals surface area contributed by atoms with E-state index in [9.17, 15) is 4.79 Å². The van der Waals surface area contributed by atoms with E-state index in [1.54, 1.807) is 13.0 Å². The predicted molar refractivity (Wildman–Crippen MR) is 53.4 cm³/mol. The summed E-state index contributed by atoms with van der Waals surface area (Å²) in [5.74, 6) is 0.147. The lowest BCUT2D eigenvalue weighted by atomic mass is 10.2. The number of hydrogen-bond acceptors (Lipinski definition) is 5. The molecule has 5 nitrogen and oxygen atoms in total. The molecule has 0 bridgehead atoms. The molecule has 0 fully saturated rings. The lowest BCUT2D eigenvalue weighted by Crippen LogP contribution is -2.07. The molecule has 1 aromatic heterocycles. The molecule has 1 heterocycles. The van der Waals surface area contributed by atoms with Crippen LogP contribution in [-0.2, 0) is 4.74 Å². The minimum absolute atomic E-state index is 0.198. The van der Waals surface area contributed by atoms with Crippen LogP contribution < -0.4 is 9.47 Å². The zero-order valence-corrected chi connectivity index (χ0v) is 9.16. The summed E-state index contributed by atoms with van der Waals surface area (Å²) in [7, 11) is 4.25. The zero-order valence-electron chi connectivity index (χ0n) is 9.16. The summed E-state index contributed by atoms with van der Waals surface area (Å²) in [4.78, 5) is 15.4. The fraction of sp³-hybridized carbons (Fsp3) is 0.400. The third kappa shape index (κ3) is 2.18. The van der Waals surface area contributed by atoms with Crippen molar-refractivity contribution in [2.45, 2.75) is 6.92 Å². The van der Waals surface area contributed by atoms with Gasteiger partial charge in [-0.1, -0.05) is 0 Å². The summed E-state index contributed by atoms with van der Waals surface area (Å²) in [5, 5.41) is 0. The number of rotatable bonds is 3. The summed E-state index contributed by atoms with van der Waals surface area (Å²) in [5.41, 5.74) is 1.04. The monoisotopic (exact) mass is 211 g/mol. The molecule has 0 aromatic carbocycles. The molecule has 0 atom stereocenters. The van der Waals surface area contributed by atoms with Gasteiger partial charge in [0.15, 0.2) is 0 Å². The first-order valence-electron chi connectivity index (χ1n) is 4.32. The van der Waals surface area contributed by atoms with E-state index in [1.807, 2.05) is 0 Å². The van der Waals surface area contributed by atoms with Crippen LogP contribution in [0.15, 0.2) is 6.07 Å². The SMILES string of the molecule is COC(=O)c1cc(C)c(OC)nc1OC. The number of ether oxygens (including phenoxy) is 3. The summed E-state index contributed by atoms with van der Waals surface area (Å²) >= 11 is 0. The largest absolute Gasteiger partial charge is 0.481 e. The van der Waals surface area contributed by atoms with E-state index in [0.717, 1.165) is 5.56 Å². The zero-order chi connectivity index (χ0) is 11.4. The maximum atomic E-state index is 11.4. The van der Waals surface area contributed by atoms with Crippen LogP contribution in [0.3, 0.4) is 0 Å². The highest BCUT2D eigenvalue weighted by Crippen LogP contribution is 2.24. The fourth-order valence-corrected chi connectivity index (χ4v) is 1.20. The van der Waals surface area contributed by atoms with Gasteiger partial charge >= 0.3 is 5.97 Å². The quantitative estimate of drug-likeness (QED) is 0.703. The lowest BCUT2D eigenvalue weighted by Gasteiger charge is -2.09. The van der Waals surface area contributed by atoms with Gasteiger partial charge in [-0.25, -0.2) is 4.79 Å². The first kappa shape index (κ1) is 11.3. The maximum Gasteiger partial charge on any atom is 0.343 e. The molecule has 5 heteroatoms. The Labute approximate surface area is 88.0 Å². The molecule has 82 valence electrons. The van der Waals surface area contributed by atoms with Crippen molar-refractivity contribution in [2.75, 3.05) is 21.3 Å². The Kier molecular flexibility index (Phi) is 3.49. The number of esters is 1. The second-order valence-electron chi connectivity index (χ2n) is 2.86. The smallest absolute Gasteiger partial charge is 0.343 e. The van der Waals surface area contributed by atoms with Crippen LogP contribution >= 0.6 is 0 Å². The predicted octanol–water partition coefficient (Wildman–Crippen LogP) is 1.19. The number of pyridine rings is 1. The topological polar surface area (TPSA) is 57.7 Å². The average molecular weight is 211 g/mol. The van der Waals surface area contributed by atoms with Crippen LogP contribution in [0.5, 0.6) is 11.8 Å². The van der Waals surface area contributed by atoms with E-state index in [2.05, 4.69) is 9.72 Å². The molecule has 0 unspecified atom stereocenters. The Bertz CT molecular complexity index is 376. The van der Waals surface area contributed by atoms with E-state index < -0.39 is 5.97 Å². The summed E-state index contributed by atoms with van der Waals surface area (Å²) in [6.07, 6.45) is 0. The van der Waals surface area contributed by atoms with E-state index in [0.29, 0.717) is 11.4 Å². The van der Waals surface area contributed by atoms with Crippen LogP contribution in [0.1, 0.15) is 15.9 Å². The first-order valence-corrected chi connectivity index (χ1v) is 4.32. The highest BCUT2D eigenvalue weighted by atomic mass is 16.5. The molecule has 0 aliphatic heterocycles. The number of methoxy groups -OCH3 is 3. The Morgan fingerprint density at radius 1 is 1.20 bits per heavy atom. The lowest BCUT2D eigenvalue weighted by molar-refractivity contribution is 0.0596. The number of carbonyl (C=O) groups excluding carboxylic acids is 1. The minimum Gasteiger partial charge on any atom is -0.481 e. The fourth-order valence-electron chi connectivity index (χ4n) is 1.20. The maximum absolute atomic E-state index is 11.4. The Balaban J connectivity index is 3.27. The minimum atomic E-state index is -0.481. The Hall–Kier alpha value is -1.78. The van der Waals surface area contributed by atoms with E-state index >= 15 is 0 Å². The second kappa shape index (κ2) is 4.63. The van der Waals surface area contributed by atoms with Crippen LogP contribution in [0, 0.1) is 6.92 Å². The van der Waals surface area contributed by atoms with Crippen molar-refractivity contribution in [2.24, 2.45) is 0 Å². The number of nitrogens with zero attached hydrogens (tertiary/aromatic N) is 1. The van der Waals surface area contributed by atoms with Crippen molar-refractivity contribution in [3.8, 4) is 11.8 Å². The van der Waals surface area contributed by atoms with E-state index in [-0.39, 0.29) is 5.88 Å². The van der Waals surface area contributed by atoms with Crippen molar-refractivity contribution >= 4 is 5.97 Å². The van der Waals surface area contributed by atoms with Crippen molar-refractivity contribution < 1.29 is 19.0 Å². The van der Waals surface area contributed by atoms with Crippen molar-refractivity contribution in [3.05, 3.63) is 17.2 Å². The van der Waals surface area contributed by atoms with Crippen LogP contribution in [0.2, 0.25) is 0 Å². The van der Waals surface area contributed by atoms with Gasteiger partial charge in [0.25, 0.3) is 0 Å². The molecule has 0 N–H and O–H groups in total. The van der Waals surface area contributed by atoms with Gasteiger partial charge in [0.2, 0.25) is 11.8 Å². The summed E-state index contributed by atoms with van der Waals surface area (Å²) < 4.78 is 14.6. The van der Waals surface area contributed by atoms with Gasteiger partial charge in [-0.3, -0.25) is 0 Å². The molecule has 0 radical (unpaired) electrons. The van der Waals surface area contributed by atoms with Crippen LogP contribution in [0.25, 0.3) is 0 Å². The number of carbonyl (C=O) groups is 1. The first-order chi connectivity index (χ1) is 7.13. The third-order valence-corrected chi connectivity index (χ3v) is 1.92. The standard InChI is InChI=1S/C10H13NO4/c1-6-5-7(10(12)15-4)9(14-3)11-8(6)13-2/h5H,1-4H3. The molecule has 0 amide bonds. The third-order valence-electron chi connectivity index (χ3n) is 1.92. The van der Waals surface area contributed by atoms with Crippen molar-refractivity contribution in [3.63, 3.8) is 0 Å². The van der Waals surface area contributed by atoms with Gasteiger partial charge in [0, 0.05) is 5.56 Å². The van der Waals surface area contributed by atoms with Gasteiger partial charge in [0.05, 0.1) is 21.3 Å². The highest BCUT2D eigenvalue weighted by molar-refractivity contribution is 5.92. The van der Waals surface area contributed by atoms with Gasteiger partial charge in [-0.2, -0.15) is 4.98 Å². The van der Waals surface area contributed by atoms with Crippen LogP contribution in [-0.4, -0.2) is 32.3 Å². The molecule has 0 aliphatic carbocycles. The molecule has 0 saturated carbocycles. The molecule has 1 aromatic rings. The van der Waals surface area contributed by atoms with Gasteiger partial charge in [0.1, 0.15) is 5.56 Å². The molecule has 0 spiro atoms. The normalized spacial score (nSPS) is 9.60. The Morgan fingerprint density at radius 2 is 1.80 bits per heavy atom. The average Bonchev–Trinajstić information content (AvgIpc) is 2.27. The number of aromatic nitrogens is 1. The number of hydrogen-bond donors (Lipinski definition) is 0. The molecular formula is C10H13NO4. The van der Waals surface area contributed by atoms with E-state index in [4.69, 9.17) is 9.47 Å². The van der Waals surface area contributed by atoms with Crippen molar-refractivity contribution in [1.29, 1.82) is 0 Å². The molecule has 0 aliphatic rings. The van der Waals surface area contributed by atoms with E-state index in [1.165, 1.54) is 21.3 Å².